The average Bonchev–Trinajstić information content (AvgIpc) is 2.92. The highest BCUT2D eigenvalue weighted by Gasteiger charge is 2.30. The van der Waals surface area contributed by atoms with E-state index in [1.54, 1.807) is 24.3 Å². The Kier molecular flexibility index (Phi) is 3.33. The fourth-order valence-corrected chi connectivity index (χ4v) is 3.78. The van der Waals surface area contributed by atoms with E-state index in [-0.39, 0.29) is 11.5 Å². The largest absolute Gasteiger partial charge is 0.392 e. The SMILES string of the molecule is O=S(=O)(c1ccc(CO)cc1)N1Cc2ccccc2C1. The molecular weight excluding hydrogens is 274 g/mol. The van der Waals surface area contributed by atoms with Crippen molar-refractivity contribution in [3.8, 4) is 0 Å². The van der Waals surface area contributed by atoms with Crippen LogP contribution in [-0.4, -0.2) is 17.8 Å². The number of nitrogens with zero attached hydrogens (tertiary/aromatic N) is 1. The predicted octanol–water partition coefficient (Wildman–Crippen LogP) is 1.88. The summed E-state index contributed by atoms with van der Waals surface area (Å²) >= 11 is 0. The maximum absolute atomic E-state index is 12.6. The van der Waals surface area contributed by atoms with Gasteiger partial charge in [0, 0.05) is 13.1 Å². The Morgan fingerprint density at radius 3 is 2.00 bits per heavy atom. The summed E-state index contributed by atoms with van der Waals surface area (Å²) in [5.74, 6) is 0. The lowest BCUT2D eigenvalue weighted by molar-refractivity contribution is 0.281. The van der Waals surface area contributed by atoms with E-state index >= 15 is 0 Å². The molecule has 2 aromatic rings. The highest BCUT2D eigenvalue weighted by molar-refractivity contribution is 7.89. The van der Waals surface area contributed by atoms with E-state index in [0.717, 1.165) is 11.1 Å². The second-order valence-electron chi connectivity index (χ2n) is 4.84. The normalized spacial score (nSPS) is 15.2. The molecule has 0 aromatic heterocycles. The van der Waals surface area contributed by atoms with E-state index in [4.69, 9.17) is 5.11 Å². The van der Waals surface area contributed by atoms with E-state index in [2.05, 4.69) is 0 Å². The van der Waals surface area contributed by atoms with Crippen molar-refractivity contribution in [2.75, 3.05) is 0 Å². The predicted molar refractivity (Wildman–Crippen MR) is 75.2 cm³/mol. The number of hydrogen-bond donors (Lipinski definition) is 1. The summed E-state index contributed by atoms with van der Waals surface area (Å²) in [4.78, 5) is 0.266. The molecule has 0 saturated heterocycles. The molecule has 1 aliphatic rings. The molecule has 1 aliphatic heterocycles. The quantitative estimate of drug-likeness (QED) is 0.938. The van der Waals surface area contributed by atoms with Crippen LogP contribution in [0.15, 0.2) is 53.4 Å². The number of rotatable bonds is 3. The summed E-state index contributed by atoms with van der Waals surface area (Å²) in [6.07, 6.45) is 0. The van der Waals surface area contributed by atoms with Gasteiger partial charge in [0.25, 0.3) is 0 Å². The lowest BCUT2D eigenvalue weighted by atomic mass is 10.1. The minimum atomic E-state index is -3.48. The van der Waals surface area contributed by atoms with Crippen molar-refractivity contribution in [2.24, 2.45) is 0 Å². The number of aliphatic hydroxyl groups excluding tert-OH is 1. The van der Waals surface area contributed by atoms with Gasteiger partial charge in [-0.15, -0.1) is 0 Å². The Labute approximate surface area is 118 Å². The molecule has 20 heavy (non-hydrogen) atoms. The topological polar surface area (TPSA) is 57.6 Å². The van der Waals surface area contributed by atoms with E-state index in [1.807, 2.05) is 24.3 Å². The Bertz CT molecular complexity index is 698. The number of fused-ring (bicyclic) bond motifs is 1. The number of sulfonamides is 1. The molecule has 0 radical (unpaired) electrons. The first-order valence-corrected chi connectivity index (χ1v) is 7.82. The van der Waals surface area contributed by atoms with Gasteiger partial charge in [-0.3, -0.25) is 0 Å². The van der Waals surface area contributed by atoms with Gasteiger partial charge in [-0.2, -0.15) is 4.31 Å². The fourth-order valence-electron chi connectivity index (χ4n) is 2.39. The van der Waals surface area contributed by atoms with Crippen LogP contribution in [0.25, 0.3) is 0 Å². The van der Waals surface area contributed by atoms with Crippen LogP contribution in [0.4, 0.5) is 0 Å². The molecule has 0 atom stereocenters. The van der Waals surface area contributed by atoms with Gasteiger partial charge in [0.1, 0.15) is 0 Å². The molecule has 0 saturated carbocycles. The molecule has 1 N–H and O–H groups in total. The van der Waals surface area contributed by atoms with E-state index in [0.29, 0.717) is 18.7 Å². The van der Waals surface area contributed by atoms with Crippen LogP contribution in [0.3, 0.4) is 0 Å². The van der Waals surface area contributed by atoms with E-state index < -0.39 is 10.0 Å². The molecule has 5 heteroatoms. The summed E-state index contributed by atoms with van der Waals surface area (Å²) in [6, 6.07) is 14.1. The monoisotopic (exact) mass is 289 g/mol. The number of aliphatic hydroxyl groups is 1. The molecule has 104 valence electrons. The maximum Gasteiger partial charge on any atom is 0.243 e. The number of hydrogen-bond acceptors (Lipinski definition) is 3. The lowest BCUT2D eigenvalue weighted by Crippen LogP contribution is -2.25. The molecule has 1 heterocycles. The van der Waals surface area contributed by atoms with Crippen LogP contribution in [0.2, 0.25) is 0 Å². The zero-order valence-electron chi connectivity index (χ0n) is 10.9. The molecule has 4 nitrogen and oxygen atoms in total. The summed E-state index contributed by atoms with van der Waals surface area (Å²) in [6.45, 7) is 0.746. The van der Waals surface area contributed by atoms with Crippen molar-refractivity contribution in [1.82, 2.24) is 4.31 Å². The van der Waals surface area contributed by atoms with Gasteiger partial charge in [0.2, 0.25) is 10.0 Å². The van der Waals surface area contributed by atoms with Crippen LogP contribution in [0, 0.1) is 0 Å². The van der Waals surface area contributed by atoms with E-state index in [1.165, 1.54) is 4.31 Å². The summed E-state index contributed by atoms with van der Waals surface area (Å²) in [5, 5.41) is 9.00. The fraction of sp³-hybridized carbons (Fsp3) is 0.200. The van der Waals surface area contributed by atoms with Gasteiger partial charge >= 0.3 is 0 Å². The molecular formula is C15H15NO3S. The Hall–Kier alpha value is -1.69. The zero-order valence-corrected chi connectivity index (χ0v) is 11.7. The molecule has 2 aromatic carbocycles. The Morgan fingerprint density at radius 1 is 0.950 bits per heavy atom. The van der Waals surface area contributed by atoms with Crippen molar-refractivity contribution in [3.63, 3.8) is 0 Å². The second-order valence-corrected chi connectivity index (χ2v) is 6.78. The van der Waals surface area contributed by atoms with Crippen LogP contribution in [-0.2, 0) is 29.7 Å². The second kappa shape index (κ2) is 5.01. The summed E-state index contributed by atoms with van der Waals surface area (Å²) in [7, 11) is -3.48. The third-order valence-corrected chi connectivity index (χ3v) is 5.36. The van der Waals surface area contributed by atoms with Crippen LogP contribution < -0.4 is 0 Å². The Morgan fingerprint density at radius 2 is 1.50 bits per heavy atom. The molecule has 0 unspecified atom stereocenters. The van der Waals surface area contributed by atoms with Crippen molar-refractivity contribution >= 4 is 10.0 Å². The molecule has 0 spiro atoms. The standard InChI is InChI=1S/C15H15NO3S/c17-11-12-5-7-15(8-6-12)20(18,19)16-9-13-3-1-2-4-14(13)10-16/h1-8,17H,9-11H2. The minimum absolute atomic E-state index is 0.0878. The summed E-state index contributed by atoms with van der Waals surface area (Å²) < 4.78 is 26.6. The van der Waals surface area contributed by atoms with Crippen molar-refractivity contribution in [3.05, 3.63) is 65.2 Å². The minimum Gasteiger partial charge on any atom is -0.392 e. The first-order valence-electron chi connectivity index (χ1n) is 6.38. The van der Waals surface area contributed by atoms with Crippen LogP contribution in [0.1, 0.15) is 16.7 Å². The van der Waals surface area contributed by atoms with Crippen molar-refractivity contribution in [2.45, 2.75) is 24.6 Å². The van der Waals surface area contributed by atoms with Gasteiger partial charge in [-0.05, 0) is 28.8 Å². The lowest BCUT2D eigenvalue weighted by Gasteiger charge is -2.15. The first-order chi connectivity index (χ1) is 9.61. The number of benzene rings is 2. The molecule has 0 amide bonds. The molecule has 0 bridgehead atoms. The highest BCUT2D eigenvalue weighted by Crippen LogP contribution is 2.28. The van der Waals surface area contributed by atoms with Gasteiger partial charge < -0.3 is 5.11 Å². The van der Waals surface area contributed by atoms with E-state index in [9.17, 15) is 8.42 Å². The van der Waals surface area contributed by atoms with Gasteiger partial charge in [0.15, 0.2) is 0 Å². The van der Waals surface area contributed by atoms with Crippen LogP contribution >= 0.6 is 0 Å². The zero-order chi connectivity index (χ0) is 14.2. The average molecular weight is 289 g/mol. The van der Waals surface area contributed by atoms with Crippen molar-refractivity contribution in [1.29, 1.82) is 0 Å². The third-order valence-electron chi connectivity index (χ3n) is 3.56. The molecule has 3 rings (SSSR count). The van der Waals surface area contributed by atoms with Crippen molar-refractivity contribution < 1.29 is 13.5 Å². The van der Waals surface area contributed by atoms with Gasteiger partial charge in [0.05, 0.1) is 11.5 Å². The van der Waals surface area contributed by atoms with Gasteiger partial charge in [-0.25, -0.2) is 8.42 Å². The third kappa shape index (κ3) is 2.24. The molecule has 0 aliphatic carbocycles. The smallest absolute Gasteiger partial charge is 0.243 e. The maximum atomic E-state index is 12.6. The molecule has 0 fully saturated rings. The first kappa shape index (κ1) is 13.3. The summed E-state index contributed by atoms with van der Waals surface area (Å²) in [5.41, 5.74) is 2.82. The Balaban J connectivity index is 1.90. The van der Waals surface area contributed by atoms with Gasteiger partial charge in [-0.1, -0.05) is 36.4 Å². The highest BCUT2D eigenvalue weighted by atomic mass is 32.2. The van der Waals surface area contributed by atoms with Crippen LogP contribution in [0.5, 0.6) is 0 Å².